The van der Waals surface area contributed by atoms with Crippen LogP contribution >= 0.6 is 0 Å². The number of ether oxygens (including phenoxy) is 1. The van der Waals surface area contributed by atoms with Crippen molar-refractivity contribution in [1.82, 2.24) is 5.32 Å². The van der Waals surface area contributed by atoms with E-state index in [2.05, 4.69) is 46.0 Å². The second-order valence-electron chi connectivity index (χ2n) is 9.89. The lowest BCUT2D eigenvalue weighted by Gasteiger charge is -2.55. The fourth-order valence-electron chi connectivity index (χ4n) is 5.71. The average molecular weight is 414 g/mol. The van der Waals surface area contributed by atoms with Gasteiger partial charge in [-0.3, -0.25) is 4.79 Å². The van der Waals surface area contributed by atoms with E-state index in [4.69, 9.17) is 4.74 Å². The molecule has 1 heterocycles. The van der Waals surface area contributed by atoms with Crippen molar-refractivity contribution >= 4 is 11.5 Å². The Morgan fingerprint density at radius 1 is 1.20 bits per heavy atom. The third-order valence-corrected chi connectivity index (χ3v) is 7.28. The Kier molecular flexibility index (Phi) is 6.54. The van der Waals surface area contributed by atoms with Gasteiger partial charge in [0.15, 0.2) is 0 Å². The topological polar surface area (TPSA) is 58.6 Å². The zero-order chi connectivity index (χ0) is 22.1. The molecule has 1 amide bonds. The summed E-state index contributed by atoms with van der Waals surface area (Å²) >= 11 is 0. The Morgan fingerprint density at radius 3 is 2.60 bits per heavy atom. The van der Waals surface area contributed by atoms with E-state index in [1.165, 1.54) is 30.4 Å². The minimum absolute atomic E-state index is 0.0585. The normalized spacial score (nSPS) is 25.5. The third-order valence-electron chi connectivity index (χ3n) is 7.28. The molecule has 1 aromatic carbocycles. The zero-order valence-corrected chi connectivity index (χ0v) is 19.7. The molecule has 166 valence electrons. The number of nitrogens with one attached hydrogen (secondary N) is 1. The monoisotopic (exact) mass is 413 g/mol. The largest absolute Gasteiger partial charge is 0.507 e. The molecule has 1 aromatic rings. The van der Waals surface area contributed by atoms with E-state index in [0.717, 1.165) is 43.2 Å². The molecule has 4 nitrogen and oxygen atoms in total. The van der Waals surface area contributed by atoms with Gasteiger partial charge in [0.2, 0.25) is 5.91 Å². The predicted molar refractivity (Wildman–Crippen MR) is 123 cm³/mol. The highest BCUT2D eigenvalue weighted by atomic mass is 16.5. The Balaban J connectivity index is 2.11. The van der Waals surface area contributed by atoms with Crippen LogP contribution in [0.5, 0.6) is 11.5 Å². The summed E-state index contributed by atoms with van der Waals surface area (Å²) in [7, 11) is 0. The number of fused-ring (bicyclic) bond motifs is 3. The molecule has 1 aliphatic heterocycles. The molecule has 0 bridgehead atoms. The van der Waals surface area contributed by atoms with Gasteiger partial charge in [0.1, 0.15) is 17.1 Å². The van der Waals surface area contributed by atoms with Gasteiger partial charge in [-0.25, -0.2) is 0 Å². The van der Waals surface area contributed by atoms with Crippen LogP contribution in [0.1, 0.15) is 104 Å². The maximum atomic E-state index is 12.2. The summed E-state index contributed by atoms with van der Waals surface area (Å²) < 4.78 is 6.51. The number of phenolic OH excluding ortho intramolecular Hbond substituents is 1. The summed E-state index contributed by atoms with van der Waals surface area (Å²) in [5.41, 5.74) is 3.33. The molecule has 0 radical (unpaired) electrons. The van der Waals surface area contributed by atoms with E-state index in [-0.39, 0.29) is 17.6 Å². The lowest BCUT2D eigenvalue weighted by atomic mass is 9.61. The van der Waals surface area contributed by atoms with Gasteiger partial charge in [0, 0.05) is 12.8 Å². The molecule has 30 heavy (non-hydrogen) atoms. The molecule has 1 saturated carbocycles. The number of carbonyl (C=O) groups excluding carboxylic acids is 1. The highest BCUT2D eigenvalue weighted by Gasteiger charge is 2.56. The number of hydrogen-bond donors (Lipinski definition) is 2. The number of benzene rings is 1. The fourth-order valence-corrected chi connectivity index (χ4v) is 5.71. The third kappa shape index (κ3) is 4.10. The van der Waals surface area contributed by atoms with Gasteiger partial charge in [-0.05, 0) is 76.6 Å². The van der Waals surface area contributed by atoms with Crippen molar-refractivity contribution < 1.29 is 14.6 Å². The van der Waals surface area contributed by atoms with E-state index in [9.17, 15) is 9.90 Å². The summed E-state index contributed by atoms with van der Waals surface area (Å²) in [4.78, 5) is 12.2. The molecule has 1 fully saturated rings. The van der Waals surface area contributed by atoms with Crippen LogP contribution in [0.25, 0.3) is 5.57 Å². The number of phenols is 1. The SMILES string of the molecule is CCCCCC(C)=C(C)c1cc(O)c2c(c1)OC(C)(C)[C@@H]1CCCC[C@@]21NC(C)=O. The molecule has 0 saturated heterocycles. The van der Waals surface area contributed by atoms with E-state index in [1.54, 1.807) is 6.92 Å². The Morgan fingerprint density at radius 2 is 1.93 bits per heavy atom. The smallest absolute Gasteiger partial charge is 0.217 e. The van der Waals surface area contributed by atoms with Crippen molar-refractivity contribution in [1.29, 1.82) is 0 Å². The van der Waals surface area contributed by atoms with Crippen LogP contribution in [0.3, 0.4) is 0 Å². The quantitative estimate of drug-likeness (QED) is 0.526. The van der Waals surface area contributed by atoms with E-state index >= 15 is 0 Å². The number of amides is 1. The summed E-state index contributed by atoms with van der Waals surface area (Å²) in [6, 6.07) is 3.94. The van der Waals surface area contributed by atoms with Crippen LogP contribution in [0.4, 0.5) is 0 Å². The van der Waals surface area contributed by atoms with Crippen LogP contribution in [0.2, 0.25) is 0 Å². The second-order valence-corrected chi connectivity index (χ2v) is 9.89. The summed E-state index contributed by atoms with van der Waals surface area (Å²) in [6.45, 7) is 12.3. The second kappa shape index (κ2) is 8.64. The van der Waals surface area contributed by atoms with Gasteiger partial charge < -0.3 is 15.2 Å². The van der Waals surface area contributed by atoms with Crippen molar-refractivity contribution in [2.75, 3.05) is 0 Å². The van der Waals surface area contributed by atoms with Gasteiger partial charge in [0.05, 0.1) is 11.1 Å². The summed E-state index contributed by atoms with van der Waals surface area (Å²) in [6.07, 6.45) is 8.65. The first-order valence-electron chi connectivity index (χ1n) is 11.6. The van der Waals surface area contributed by atoms with Gasteiger partial charge in [0.25, 0.3) is 0 Å². The van der Waals surface area contributed by atoms with Crippen LogP contribution in [-0.2, 0) is 10.3 Å². The van der Waals surface area contributed by atoms with Gasteiger partial charge >= 0.3 is 0 Å². The molecule has 0 unspecified atom stereocenters. The number of allylic oxidation sites excluding steroid dienone is 2. The first-order valence-corrected chi connectivity index (χ1v) is 11.6. The van der Waals surface area contributed by atoms with Crippen LogP contribution in [0, 0.1) is 5.92 Å². The average Bonchev–Trinajstić information content (AvgIpc) is 2.65. The molecule has 0 spiro atoms. The van der Waals surface area contributed by atoms with Crippen molar-refractivity contribution in [3.63, 3.8) is 0 Å². The van der Waals surface area contributed by atoms with Crippen molar-refractivity contribution in [2.24, 2.45) is 5.92 Å². The molecule has 2 N–H and O–H groups in total. The maximum absolute atomic E-state index is 12.2. The zero-order valence-electron chi connectivity index (χ0n) is 19.7. The molecule has 2 aliphatic rings. The van der Waals surface area contributed by atoms with Crippen molar-refractivity contribution in [3.8, 4) is 11.5 Å². The molecule has 3 rings (SSSR count). The minimum Gasteiger partial charge on any atom is -0.507 e. The van der Waals surface area contributed by atoms with E-state index in [1.807, 2.05) is 6.07 Å². The van der Waals surface area contributed by atoms with Gasteiger partial charge in [-0.2, -0.15) is 0 Å². The Hall–Kier alpha value is -1.97. The number of aromatic hydroxyl groups is 1. The maximum Gasteiger partial charge on any atom is 0.217 e. The first-order chi connectivity index (χ1) is 14.1. The van der Waals surface area contributed by atoms with Crippen LogP contribution in [0.15, 0.2) is 17.7 Å². The summed E-state index contributed by atoms with van der Waals surface area (Å²) in [5.74, 6) is 1.01. The Labute approximate surface area is 182 Å². The van der Waals surface area contributed by atoms with Crippen molar-refractivity contribution in [3.05, 3.63) is 28.8 Å². The molecule has 0 aromatic heterocycles. The number of unbranched alkanes of at least 4 members (excludes halogenated alkanes) is 2. The minimum atomic E-state index is -0.572. The molecular weight excluding hydrogens is 374 g/mol. The van der Waals surface area contributed by atoms with Gasteiger partial charge in [-0.1, -0.05) is 38.2 Å². The molecule has 2 atom stereocenters. The van der Waals surface area contributed by atoms with Crippen LogP contribution in [-0.4, -0.2) is 16.6 Å². The highest BCUT2D eigenvalue weighted by molar-refractivity contribution is 5.76. The number of rotatable bonds is 6. The Bertz CT molecular complexity index is 839. The highest BCUT2D eigenvalue weighted by Crippen LogP contribution is 2.57. The number of carbonyl (C=O) groups is 1. The first kappa shape index (κ1) is 22.7. The summed E-state index contributed by atoms with van der Waals surface area (Å²) in [5, 5.41) is 14.5. The standard InChI is InChI=1S/C26H39NO3/c1-7-8-9-12-17(2)18(3)20-15-21(29)24-22(16-20)30-25(5,6)23-13-10-11-14-26(23,24)27-19(4)28/h15-16,23,29H,7-14H2,1-6H3,(H,27,28)/t23-,26-/m0/s1. The molecule has 4 heteroatoms. The molecule has 1 aliphatic carbocycles. The van der Waals surface area contributed by atoms with E-state index in [0.29, 0.717) is 5.75 Å². The number of hydrogen-bond acceptors (Lipinski definition) is 3. The van der Waals surface area contributed by atoms with Crippen LogP contribution < -0.4 is 10.1 Å². The predicted octanol–water partition coefficient (Wildman–Crippen LogP) is 6.46. The molecular formula is C26H39NO3. The lowest BCUT2D eigenvalue weighted by molar-refractivity contribution is -0.126. The van der Waals surface area contributed by atoms with Crippen molar-refractivity contribution in [2.45, 2.75) is 104 Å². The lowest BCUT2D eigenvalue weighted by Crippen LogP contribution is -2.62. The van der Waals surface area contributed by atoms with Gasteiger partial charge in [-0.15, -0.1) is 0 Å². The fraction of sp³-hybridized carbons (Fsp3) is 0.654. The van der Waals surface area contributed by atoms with E-state index < -0.39 is 11.1 Å².